The Hall–Kier alpha value is -0.650. The lowest BCUT2D eigenvalue weighted by atomic mass is 10.3. The van der Waals surface area contributed by atoms with Gasteiger partial charge in [0.1, 0.15) is 0 Å². The number of carbonyl (C=O) groups excluding carboxylic acids is 1. The Morgan fingerprint density at radius 3 is 2.86 bits per heavy atom. The topological polar surface area (TPSA) is 59.0 Å². The van der Waals surface area contributed by atoms with Crippen LogP contribution in [0.3, 0.4) is 0 Å². The van der Waals surface area contributed by atoms with E-state index in [9.17, 15) is 4.79 Å². The van der Waals surface area contributed by atoms with E-state index in [1.54, 1.807) is 14.0 Å². The summed E-state index contributed by atoms with van der Waals surface area (Å²) in [6, 6.07) is 0. The quantitative estimate of drug-likeness (QED) is 0.655. The Labute approximate surface area is 83.6 Å². The molecule has 0 spiro atoms. The van der Waals surface area contributed by atoms with E-state index in [0.29, 0.717) is 26.4 Å². The molecule has 0 bridgehead atoms. The van der Waals surface area contributed by atoms with E-state index >= 15 is 0 Å². The van der Waals surface area contributed by atoms with Crippen LogP contribution < -0.4 is 0 Å². The van der Waals surface area contributed by atoms with Gasteiger partial charge in [-0.1, -0.05) is 0 Å². The molecule has 0 radical (unpaired) electrons. The van der Waals surface area contributed by atoms with Crippen molar-refractivity contribution in [2.75, 3.05) is 33.4 Å². The molecule has 0 saturated carbocycles. The first kappa shape index (κ1) is 11.4. The molecule has 2 unspecified atom stereocenters. The number of aliphatic hydroxyl groups is 1. The summed E-state index contributed by atoms with van der Waals surface area (Å²) < 4.78 is 10.4. The summed E-state index contributed by atoms with van der Waals surface area (Å²) >= 11 is 0. The van der Waals surface area contributed by atoms with Crippen molar-refractivity contribution in [1.82, 2.24) is 4.90 Å². The molecule has 1 aliphatic rings. The van der Waals surface area contributed by atoms with Gasteiger partial charge in [-0.25, -0.2) is 0 Å². The highest BCUT2D eigenvalue weighted by Gasteiger charge is 2.25. The molecular weight excluding hydrogens is 186 g/mol. The van der Waals surface area contributed by atoms with Crippen molar-refractivity contribution in [2.45, 2.75) is 19.1 Å². The van der Waals surface area contributed by atoms with Crippen molar-refractivity contribution in [3.05, 3.63) is 0 Å². The van der Waals surface area contributed by atoms with E-state index in [1.165, 1.54) is 4.90 Å². The molecule has 1 saturated heterocycles. The maximum atomic E-state index is 11.6. The lowest BCUT2D eigenvalue weighted by Crippen LogP contribution is -2.45. The Kier molecular flexibility index (Phi) is 4.31. The van der Waals surface area contributed by atoms with Crippen LogP contribution >= 0.6 is 0 Å². The van der Waals surface area contributed by atoms with E-state index in [1.807, 2.05) is 0 Å². The Bertz CT molecular complexity index is 189. The average Bonchev–Trinajstić information content (AvgIpc) is 2.17. The number of hydrogen-bond donors (Lipinski definition) is 1. The molecule has 1 heterocycles. The highest BCUT2D eigenvalue weighted by molar-refractivity contribution is 5.80. The first-order chi connectivity index (χ1) is 6.61. The van der Waals surface area contributed by atoms with Crippen molar-refractivity contribution in [3.8, 4) is 0 Å². The van der Waals surface area contributed by atoms with Gasteiger partial charge >= 0.3 is 0 Å². The highest BCUT2D eigenvalue weighted by atomic mass is 16.6. The average molecular weight is 203 g/mol. The van der Waals surface area contributed by atoms with E-state index < -0.39 is 12.2 Å². The van der Waals surface area contributed by atoms with E-state index in [2.05, 4.69) is 0 Å². The van der Waals surface area contributed by atoms with Crippen LogP contribution in [0.2, 0.25) is 0 Å². The summed E-state index contributed by atoms with van der Waals surface area (Å²) in [6.45, 7) is 3.27. The molecule has 1 fully saturated rings. The van der Waals surface area contributed by atoms with E-state index in [4.69, 9.17) is 14.6 Å². The molecule has 1 amide bonds. The largest absolute Gasteiger partial charge is 0.392 e. The predicted molar refractivity (Wildman–Crippen MR) is 49.9 cm³/mol. The Morgan fingerprint density at radius 2 is 2.36 bits per heavy atom. The molecule has 1 N–H and O–H groups in total. The first-order valence-corrected chi connectivity index (χ1v) is 4.73. The van der Waals surface area contributed by atoms with Gasteiger partial charge in [-0.2, -0.15) is 0 Å². The van der Waals surface area contributed by atoms with Crippen molar-refractivity contribution in [2.24, 2.45) is 0 Å². The van der Waals surface area contributed by atoms with Gasteiger partial charge < -0.3 is 19.5 Å². The van der Waals surface area contributed by atoms with Gasteiger partial charge in [0.25, 0.3) is 5.91 Å². The third-order valence-electron chi connectivity index (χ3n) is 2.01. The van der Waals surface area contributed by atoms with Crippen molar-refractivity contribution >= 4 is 5.91 Å². The van der Waals surface area contributed by atoms with Gasteiger partial charge in [0.2, 0.25) is 0 Å². The van der Waals surface area contributed by atoms with Crippen LogP contribution in [0, 0.1) is 0 Å². The second-order valence-electron chi connectivity index (χ2n) is 3.50. The molecule has 82 valence electrons. The predicted octanol–water partition coefficient (Wildman–Crippen LogP) is -0.759. The van der Waals surface area contributed by atoms with Crippen LogP contribution in [0.5, 0.6) is 0 Å². The van der Waals surface area contributed by atoms with Crippen LogP contribution in [0.15, 0.2) is 0 Å². The maximum absolute atomic E-state index is 11.6. The first-order valence-electron chi connectivity index (χ1n) is 4.73. The minimum atomic E-state index is -0.520. The molecule has 2 atom stereocenters. The summed E-state index contributed by atoms with van der Waals surface area (Å²) in [4.78, 5) is 13.1. The molecule has 0 aromatic heterocycles. The minimum Gasteiger partial charge on any atom is -0.392 e. The number of rotatable bonds is 3. The molecule has 1 rings (SSSR count). The molecule has 0 aromatic carbocycles. The van der Waals surface area contributed by atoms with Gasteiger partial charge in [-0.05, 0) is 6.92 Å². The van der Waals surface area contributed by atoms with E-state index in [0.717, 1.165) is 0 Å². The molecule has 1 aliphatic heterocycles. The summed E-state index contributed by atoms with van der Waals surface area (Å²) in [6.07, 6.45) is -1.03. The van der Waals surface area contributed by atoms with Gasteiger partial charge in [0.05, 0.1) is 25.9 Å². The van der Waals surface area contributed by atoms with Crippen LogP contribution in [-0.4, -0.2) is 61.5 Å². The van der Waals surface area contributed by atoms with Gasteiger partial charge in [0.15, 0.2) is 6.10 Å². The molecule has 0 aliphatic carbocycles. The Balaban J connectivity index is 2.38. The van der Waals surface area contributed by atoms with Gasteiger partial charge in [0, 0.05) is 13.6 Å². The fourth-order valence-corrected chi connectivity index (χ4v) is 1.36. The second kappa shape index (κ2) is 5.29. The lowest BCUT2D eigenvalue weighted by Gasteiger charge is -2.27. The zero-order chi connectivity index (χ0) is 10.6. The molecule has 14 heavy (non-hydrogen) atoms. The minimum absolute atomic E-state index is 0.134. The zero-order valence-electron chi connectivity index (χ0n) is 8.60. The van der Waals surface area contributed by atoms with Crippen LogP contribution in [0.4, 0.5) is 0 Å². The zero-order valence-corrected chi connectivity index (χ0v) is 8.60. The van der Waals surface area contributed by atoms with Crippen LogP contribution in [-0.2, 0) is 14.3 Å². The monoisotopic (exact) mass is 203 g/mol. The summed E-state index contributed by atoms with van der Waals surface area (Å²) in [5, 5.41) is 9.10. The number of likely N-dealkylation sites (N-methyl/N-ethyl adjacent to an activating group) is 1. The normalized spacial score (nSPS) is 24.4. The third-order valence-corrected chi connectivity index (χ3v) is 2.01. The summed E-state index contributed by atoms with van der Waals surface area (Å²) in [5.74, 6) is -0.134. The number of hydrogen-bond acceptors (Lipinski definition) is 4. The number of amides is 1. The maximum Gasteiger partial charge on any atom is 0.253 e. The van der Waals surface area contributed by atoms with Gasteiger partial charge in [-0.3, -0.25) is 4.79 Å². The SMILES string of the molecule is CC(O)CN(C)C(=O)C1COCCO1. The summed E-state index contributed by atoms with van der Waals surface area (Å²) in [7, 11) is 1.65. The van der Waals surface area contributed by atoms with E-state index in [-0.39, 0.29) is 5.91 Å². The molecule has 5 heteroatoms. The molecule has 5 nitrogen and oxygen atoms in total. The number of carbonyl (C=O) groups is 1. The number of aliphatic hydroxyl groups excluding tert-OH is 1. The number of nitrogens with zero attached hydrogens (tertiary/aromatic N) is 1. The van der Waals surface area contributed by atoms with Crippen molar-refractivity contribution < 1.29 is 19.4 Å². The van der Waals surface area contributed by atoms with Gasteiger partial charge in [-0.15, -0.1) is 0 Å². The molecule has 0 aromatic rings. The number of ether oxygens (including phenoxy) is 2. The third kappa shape index (κ3) is 3.25. The highest BCUT2D eigenvalue weighted by Crippen LogP contribution is 2.04. The Morgan fingerprint density at radius 1 is 1.64 bits per heavy atom. The fraction of sp³-hybridized carbons (Fsp3) is 0.889. The van der Waals surface area contributed by atoms with Crippen molar-refractivity contribution in [3.63, 3.8) is 0 Å². The lowest BCUT2D eigenvalue weighted by molar-refractivity contribution is -0.157. The smallest absolute Gasteiger partial charge is 0.253 e. The van der Waals surface area contributed by atoms with Crippen LogP contribution in [0.1, 0.15) is 6.92 Å². The standard InChI is InChI=1S/C9H17NO4/c1-7(11)5-10(2)9(12)8-6-13-3-4-14-8/h7-8,11H,3-6H2,1-2H3. The fourth-order valence-electron chi connectivity index (χ4n) is 1.36. The summed E-state index contributed by atoms with van der Waals surface area (Å²) in [5.41, 5.74) is 0. The molecular formula is C9H17NO4. The second-order valence-corrected chi connectivity index (χ2v) is 3.50. The van der Waals surface area contributed by atoms with Crippen molar-refractivity contribution in [1.29, 1.82) is 0 Å². The van der Waals surface area contributed by atoms with Crippen LogP contribution in [0.25, 0.3) is 0 Å².